The zero-order chi connectivity index (χ0) is 8.27. The van der Waals surface area contributed by atoms with Gasteiger partial charge in [-0.05, 0) is 11.6 Å². The van der Waals surface area contributed by atoms with Gasteiger partial charge in [-0.3, -0.25) is 0 Å². The molecule has 3 heteroatoms. The summed E-state index contributed by atoms with van der Waals surface area (Å²) in [4.78, 5) is 0. The van der Waals surface area contributed by atoms with Gasteiger partial charge in [0.1, 0.15) is 0 Å². The first kappa shape index (κ1) is 8.20. The molecule has 0 amide bonds. The molecule has 3 nitrogen and oxygen atoms in total. The first-order valence-electron chi connectivity index (χ1n) is 3.30. The van der Waals surface area contributed by atoms with Crippen LogP contribution < -0.4 is 0 Å². The van der Waals surface area contributed by atoms with Crippen LogP contribution in [-0.2, 0) is 6.61 Å². The molecule has 0 radical (unpaired) electrons. The standard InChI is InChI=1S/C8H10O3/c9-5-6-2-1-3-7(4-6)8(10)11/h1-4,8-11H,5H2. The van der Waals surface area contributed by atoms with Gasteiger partial charge in [-0.15, -0.1) is 0 Å². The first-order chi connectivity index (χ1) is 5.24. The van der Waals surface area contributed by atoms with E-state index >= 15 is 0 Å². The molecule has 1 rings (SSSR count). The summed E-state index contributed by atoms with van der Waals surface area (Å²) in [5.41, 5.74) is 1.08. The highest BCUT2D eigenvalue weighted by atomic mass is 16.5. The highest BCUT2D eigenvalue weighted by molar-refractivity contribution is 5.23. The Morgan fingerprint density at radius 1 is 1.27 bits per heavy atom. The van der Waals surface area contributed by atoms with Crippen molar-refractivity contribution < 1.29 is 15.3 Å². The summed E-state index contributed by atoms with van der Waals surface area (Å²) in [5.74, 6) is 0. The Morgan fingerprint density at radius 2 is 2.00 bits per heavy atom. The molecule has 0 aromatic heterocycles. The maximum atomic E-state index is 8.72. The zero-order valence-corrected chi connectivity index (χ0v) is 5.94. The third-order valence-electron chi connectivity index (χ3n) is 1.43. The molecule has 1 aromatic carbocycles. The highest BCUT2D eigenvalue weighted by Gasteiger charge is 2.01. The SMILES string of the molecule is OCc1cccc(C(O)O)c1. The maximum absolute atomic E-state index is 8.72. The second-order valence-electron chi connectivity index (χ2n) is 2.28. The molecule has 0 saturated carbocycles. The molecule has 0 atom stereocenters. The normalized spacial score (nSPS) is 10.5. The van der Waals surface area contributed by atoms with E-state index in [1.54, 1.807) is 24.3 Å². The predicted octanol–water partition coefficient (Wildman–Crippen LogP) is 0.162. The minimum atomic E-state index is -1.46. The number of hydrogen-bond donors (Lipinski definition) is 3. The molecule has 3 N–H and O–H groups in total. The van der Waals surface area contributed by atoms with Gasteiger partial charge < -0.3 is 15.3 Å². The van der Waals surface area contributed by atoms with Crippen LogP contribution in [0.1, 0.15) is 17.4 Å². The Hall–Kier alpha value is -0.900. The van der Waals surface area contributed by atoms with E-state index in [4.69, 9.17) is 15.3 Å². The summed E-state index contributed by atoms with van der Waals surface area (Å²) in [6, 6.07) is 6.51. The Kier molecular flexibility index (Phi) is 2.59. The van der Waals surface area contributed by atoms with Crippen LogP contribution in [-0.4, -0.2) is 15.3 Å². The van der Waals surface area contributed by atoms with Gasteiger partial charge in [0.15, 0.2) is 6.29 Å². The summed E-state index contributed by atoms with van der Waals surface area (Å²) in [6.45, 7) is -0.0828. The molecule has 0 saturated heterocycles. The van der Waals surface area contributed by atoms with Crippen molar-refractivity contribution in [2.24, 2.45) is 0 Å². The monoisotopic (exact) mass is 154 g/mol. The van der Waals surface area contributed by atoms with E-state index in [0.717, 1.165) is 0 Å². The van der Waals surface area contributed by atoms with E-state index in [-0.39, 0.29) is 6.61 Å². The van der Waals surface area contributed by atoms with Gasteiger partial charge in [-0.25, -0.2) is 0 Å². The summed E-state index contributed by atoms with van der Waals surface area (Å²) >= 11 is 0. The van der Waals surface area contributed by atoms with Crippen LogP contribution in [0.25, 0.3) is 0 Å². The smallest absolute Gasteiger partial charge is 0.178 e. The van der Waals surface area contributed by atoms with Crippen LogP contribution in [0, 0.1) is 0 Å². The molecule has 0 aliphatic rings. The average molecular weight is 154 g/mol. The summed E-state index contributed by atoms with van der Waals surface area (Å²) < 4.78 is 0. The molecule has 0 unspecified atom stereocenters. The molecule has 11 heavy (non-hydrogen) atoms. The molecule has 0 heterocycles. The lowest BCUT2D eigenvalue weighted by Gasteiger charge is -2.04. The van der Waals surface area contributed by atoms with E-state index in [2.05, 4.69) is 0 Å². The third-order valence-corrected chi connectivity index (χ3v) is 1.43. The van der Waals surface area contributed by atoms with Crippen molar-refractivity contribution in [3.8, 4) is 0 Å². The minimum Gasteiger partial charge on any atom is -0.392 e. The topological polar surface area (TPSA) is 60.7 Å². The molecular formula is C8H10O3. The number of hydrogen-bond acceptors (Lipinski definition) is 3. The molecule has 0 bridgehead atoms. The van der Waals surface area contributed by atoms with Gasteiger partial charge in [0.05, 0.1) is 6.61 Å². The lowest BCUT2D eigenvalue weighted by atomic mass is 10.1. The largest absolute Gasteiger partial charge is 0.392 e. The van der Waals surface area contributed by atoms with Crippen LogP contribution in [0.3, 0.4) is 0 Å². The van der Waals surface area contributed by atoms with Crippen LogP contribution >= 0.6 is 0 Å². The van der Waals surface area contributed by atoms with Crippen molar-refractivity contribution >= 4 is 0 Å². The van der Waals surface area contributed by atoms with E-state index in [9.17, 15) is 0 Å². The van der Waals surface area contributed by atoms with Crippen molar-refractivity contribution in [2.75, 3.05) is 0 Å². The van der Waals surface area contributed by atoms with Gasteiger partial charge in [0, 0.05) is 5.56 Å². The van der Waals surface area contributed by atoms with Gasteiger partial charge in [0.25, 0.3) is 0 Å². The number of rotatable bonds is 2. The number of benzene rings is 1. The molecule has 0 fully saturated rings. The van der Waals surface area contributed by atoms with Crippen molar-refractivity contribution in [1.82, 2.24) is 0 Å². The van der Waals surface area contributed by atoms with Gasteiger partial charge >= 0.3 is 0 Å². The molecule has 60 valence electrons. The fourth-order valence-electron chi connectivity index (χ4n) is 0.852. The van der Waals surface area contributed by atoms with E-state index in [1.807, 2.05) is 0 Å². The zero-order valence-electron chi connectivity index (χ0n) is 5.94. The summed E-state index contributed by atoms with van der Waals surface area (Å²) in [7, 11) is 0. The highest BCUT2D eigenvalue weighted by Crippen LogP contribution is 2.11. The second kappa shape index (κ2) is 3.48. The maximum Gasteiger partial charge on any atom is 0.178 e. The predicted molar refractivity (Wildman–Crippen MR) is 39.5 cm³/mol. The quantitative estimate of drug-likeness (QED) is 0.532. The Labute approximate surface area is 64.5 Å². The van der Waals surface area contributed by atoms with Crippen molar-refractivity contribution in [3.63, 3.8) is 0 Å². The fraction of sp³-hybridized carbons (Fsp3) is 0.250. The van der Waals surface area contributed by atoms with Crippen LogP contribution in [0.4, 0.5) is 0 Å². The van der Waals surface area contributed by atoms with Gasteiger partial charge in [-0.2, -0.15) is 0 Å². The van der Waals surface area contributed by atoms with Crippen LogP contribution in [0.15, 0.2) is 24.3 Å². The molecule has 0 spiro atoms. The lowest BCUT2D eigenvalue weighted by Crippen LogP contribution is -1.95. The summed E-state index contributed by atoms with van der Waals surface area (Å²) in [5, 5.41) is 26.1. The van der Waals surface area contributed by atoms with E-state index in [1.165, 1.54) is 0 Å². The number of aliphatic hydroxyl groups is 3. The first-order valence-corrected chi connectivity index (χ1v) is 3.30. The molecule has 0 aliphatic carbocycles. The summed E-state index contributed by atoms with van der Waals surface area (Å²) in [6.07, 6.45) is -1.46. The lowest BCUT2D eigenvalue weighted by molar-refractivity contribution is -0.0425. The minimum absolute atomic E-state index is 0.0828. The average Bonchev–Trinajstić information content (AvgIpc) is 2.05. The van der Waals surface area contributed by atoms with E-state index in [0.29, 0.717) is 11.1 Å². The Bertz CT molecular complexity index is 233. The molecule has 0 aliphatic heterocycles. The fourth-order valence-corrected chi connectivity index (χ4v) is 0.852. The second-order valence-corrected chi connectivity index (χ2v) is 2.28. The van der Waals surface area contributed by atoms with Crippen LogP contribution in [0.2, 0.25) is 0 Å². The van der Waals surface area contributed by atoms with E-state index < -0.39 is 6.29 Å². The molecular weight excluding hydrogens is 144 g/mol. The van der Waals surface area contributed by atoms with Crippen molar-refractivity contribution in [1.29, 1.82) is 0 Å². The third kappa shape index (κ3) is 2.01. The number of aliphatic hydroxyl groups excluding tert-OH is 2. The Morgan fingerprint density at radius 3 is 2.55 bits per heavy atom. The van der Waals surface area contributed by atoms with Crippen molar-refractivity contribution in [2.45, 2.75) is 12.9 Å². The van der Waals surface area contributed by atoms with Crippen molar-refractivity contribution in [3.05, 3.63) is 35.4 Å². The molecule has 1 aromatic rings. The van der Waals surface area contributed by atoms with Gasteiger partial charge in [-0.1, -0.05) is 18.2 Å². The van der Waals surface area contributed by atoms with Crippen LogP contribution in [0.5, 0.6) is 0 Å². The van der Waals surface area contributed by atoms with Gasteiger partial charge in [0.2, 0.25) is 0 Å². The Balaban J connectivity index is 2.91.